The van der Waals surface area contributed by atoms with Crippen molar-refractivity contribution in [1.29, 1.82) is 0 Å². The number of hydrogen-bond acceptors (Lipinski definition) is 3. The van der Waals surface area contributed by atoms with Crippen LogP contribution < -0.4 is 11.1 Å². The van der Waals surface area contributed by atoms with Crippen LogP contribution >= 0.6 is 0 Å². The summed E-state index contributed by atoms with van der Waals surface area (Å²) in [4.78, 5) is 25.2. The van der Waals surface area contributed by atoms with Gasteiger partial charge in [0.2, 0.25) is 11.8 Å². The summed E-state index contributed by atoms with van der Waals surface area (Å²) in [7, 11) is 0. The molecule has 1 aliphatic rings. The predicted octanol–water partition coefficient (Wildman–Crippen LogP) is 1.48. The largest absolute Gasteiger partial charge is 0.338 e. The third-order valence-electron chi connectivity index (χ3n) is 3.34. The second kappa shape index (κ2) is 5.63. The maximum Gasteiger partial charge on any atom is 0.243 e. The van der Waals surface area contributed by atoms with Crippen molar-refractivity contribution in [2.75, 3.05) is 11.9 Å². The van der Waals surface area contributed by atoms with E-state index in [2.05, 4.69) is 5.32 Å². The van der Waals surface area contributed by atoms with Gasteiger partial charge in [0.05, 0.1) is 5.54 Å². The number of carbonyl (C=O) groups is 2. The summed E-state index contributed by atoms with van der Waals surface area (Å²) < 4.78 is 0. The zero-order valence-corrected chi connectivity index (χ0v) is 12.0. The molecule has 0 aliphatic carbocycles. The molecule has 2 amide bonds. The molecule has 1 saturated heterocycles. The molecule has 1 aromatic carbocycles. The zero-order valence-electron chi connectivity index (χ0n) is 12.0. The van der Waals surface area contributed by atoms with Crippen molar-refractivity contribution in [2.24, 2.45) is 5.73 Å². The number of anilines is 1. The van der Waals surface area contributed by atoms with Crippen LogP contribution in [0.15, 0.2) is 24.3 Å². The number of nitrogens with two attached hydrogens (primary N) is 1. The van der Waals surface area contributed by atoms with E-state index in [9.17, 15) is 9.59 Å². The van der Waals surface area contributed by atoms with E-state index in [1.807, 2.05) is 29.2 Å². The van der Waals surface area contributed by atoms with Gasteiger partial charge in [0, 0.05) is 25.2 Å². The van der Waals surface area contributed by atoms with Crippen LogP contribution in [0, 0.1) is 0 Å². The van der Waals surface area contributed by atoms with Crippen LogP contribution in [0.5, 0.6) is 0 Å². The van der Waals surface area contributed by atoms with Gasteiger partial charge in [-0.05, 0) is 38.0 Å². The summed E-state index contributed by atoms with van der Waals surface area (Å²) >= 11 is 0. The number of carbonyl (C=O) groups excluding carboxylic acids is 2. The molecule has 0 radical (unpaired) electrons. The van der Waals surface area contributed by atoms with E-state index in [-0.39, 0.29) is 11.8 Å². The molecule has 0 unspecified atom stereocenters. The van der Waals surface area contributed by atoms with Crippen molar-refractivity contribution < 1.29 is 9.59 Å². The third-order valence-corrected chi connectivity index (χ3v) is 3.34. The number of benzene rings is 1. The average molecular weight is 275 g/mol. The second-order valence-electron chi connectivity index (χ2n) is 5.79. The third kappa shape index (κ3) is 3.57. The fraction of sp³-hybridized carbons (Fsp3) is 0.467. The Morgan fingerprint density at radius 1 is 1.35 bits per heavy atom. The number of amides is 2. The van der Waals surface area contributed by atoms with Crippen LogP contribution in [0.3, 0.4) is 0 Å². The lowest BCUT2D eigenvalue weighted by atomic mass is 10.1. The number of rotatable bonds is 4. The van der Waals surface area contributed by atoms with Crippen molar-refractivity contribution in [3.8, 4) is 0 Å². The van der Waals surface area contributed by atoms with Crippen molar-refractivity contribution in [1.82, 2.24) is 4.90 Å². The Hall–Kier alpha value is -1.88. The minimum Gasteiger partial charge on any atom is -0.338 e. The smallest absolute Gasteiger partial charge is 0.243 e. The Balaban J connectivity index is 1.96. The highest BCUT2D eigenvalue weighted by Crippen LogP contribution is 2.16. The molecule has 0 saturated carbocycles. The van der Waals surface area contributed by atoms with E-state index < -0.39 is 5.54 Å². The summed E-state index contributed by atoms with van der Waals surface area (Å²) in [5, 5.41) is 2.77. The number of nitrogens with zero attached hydrogens (tertiary/aromatic N) is 1. The molecule has 0 bridgehead atoms. The topological polar surface area (TPSA) is 75.4 Å². The molecule has 1 aliphatic heterocycles. The Morgan fingerprint density at radius 2 is 2.00 bits per heavy atom. The highest BCUT2D eigenvalue weighted by Gasteiger charge is 2.22. The van der Waals surface area contributed by atoms with Crippen LogP contribution in [0.25, 0.3) is 0 Å². The molecule has 2 rings (SSSR count). The fourth-order valence-electron chi connectivity index (χ4n) is 2.08. The molecule has 0 spiro atoms. The minimum atomic E-state index is -0.902. The molecule has 0 atom stereocenters. The van der Waals surface area contributed by atoms with Gasteiger partial charge < -0.3 is 16.0 Å². The van der Waals surface area contributed by atoms with Gasteiger partial charge in [-0.15, -0.1) is 0 Å². The van der Waals surface area contributed by atoms with E-state index >= 15 is 0 Å². The van der Waals surface area contributed by atoms with Gasteiger partial charge in [0.15, 0.2) is 0 Å². The molecular formula is C15H21N3O2. The first-order chi connectivity index (χ1) is 9.36. The molecule has 1 heterocycles. The van der Waals surface area contributed by atoms with E-state index in [1.165, 1.54) is 0 Å². The molecule has 5 heteroatoms. The maximum atomic E-state index is 11.8. The molecule has 108 valence electrons. The summed E-state index contributed by atoms with van der Waals surface area (Å²) in [5.74, 6) is -0.00719. The van der Waals surface area contributed by atoms with Crippen LogP contribution in [-0.2, 0) is 16.1 Å². The Morgan fingerprint density at radius 3 is 2.50 bits per heavy atom. The van der Waals surface area contributed by atoms with Crippen molar-refractivity contribution in [3.05, 3.63) is 29.8 Å². The first-order valence-electron chi connectivity index (χ1n) is 6.83. The predicted molar refractivity (Wildman–Crippen MR) is 78.0 cm³/mol. The van der Waals surface area contributed by atoms with Crippen LogP contribution in [0.4, 0.5) is 5.69 Å². The standard InChI is InChI=1S/C15H21N3O2/c1-15(2,16)14(20)17-12-7-5-11(6-8-12)10-18-9-3-4-13(18)19/h5-8H,3-4,9-10,16H2,1-2H3,(H,17,20). The Labute approximate surface area is 119 Å². The molecule has 20 heavy (non-hydrogen) atoms. The first kappa shape index (κ1) is 14.5. The van der Waals surface area contributed by atoms with Gasteiger partial charge in [-0.3, -0.25) is 9.59 Å². The van der Waals surface area contributed by atoms with Gasteiger partial charge in [-0.1, -0.05) is 12.1 Å². The number of hydrogen-bond donors (Lipinski definition) is 2. The normalized spacial score (nSPS) is 15.6. The average Bonchev–Trinajstić information content (AvgIpc) is 2.76. The lowest BCUT2D eigenvalue weighted by molar-refractivity contribution is -0.128. The van der Waals surface area contributed by atoms with Crippen molar-refractivity contribution in [3.63, 3.8) is 0 Å². The van der Waals surface area contributed by atoms with Gasteiger partial charge >= 0.3 is 0 Å². The molecule has 5 nitrogen and oxygen atoms in total. The zero-order chi connectivity index (χ0) is 14.8. The second-order valence-corrected chi connectivity index (χ2v) is 5.79. The van der Waals surface area contributed by atoms with Crippen LogP contribution in [-0.4, -0.2) is 28.8 Å². The molecule has 3 N–H and O–H groups in total. The Kier molecular flexibility index (Phi) is 4.09. The lowest BCUT2D eigenvalue weighted by Crippen LogP contribution is -2.45. The van der Waals surface area contributed by atoms with Crippen molar-refractivity contribution in [2.45, 2.75) is 38.8 Å². The molecule has 0 aromatic heterocycles. The fourth-order valence-corrected chi connectivity index (χ4v) is 2.08. The quantitative estimate of drug-likeness (QED) is 0.874. The highest BCUT2D eigenvalue weighted by molar-refractivity contribution is 5.97. The summed E-state index contributed by atoms with van der Waals surface area (Å²) in [6.45, 7) is 4.79. The maximum absolute atomic E-state index is 11.8. The van der Waals surface area contributed by atoms with Crippen LogP contribution in [0.1, 0.15) is 32.3 Å². The first-order valence-corrected chi connectivity index (χ1v) is 6.83. The van der Waals surface area contributed by atoms with Gasteiger partial charge in [0.25, 0.3) is 0 Å². The van der Waals surface area contributed by atoms with Gasteiger partial charge in [-0.25, -0.2) is 0 Å². The molecule has 1 aromatic rings. The number of nitrogens with one attached hydrogen (secondary N) is 1. The highest BCUT2D eigenvalue weighted by atomic mass is 16.2. The molecule has 1 fully saturated rings. The Bertz CT molecular complexity index is 503. The number of likely N-dealkylation sites (tertiary alicyclic amines) is 1. The SMILES string of the molecule is CC(C)(N)C(=O)Nc1ccc(CN2CCCC2=O)cc1. The lowest BCUT2D eigenvalue weighted by Gasteiger charge is -2.18. The van der Waals surface area contributed by atoms with E-state index in [0.29, 0.717) is 18.7 Å². The minimum absolute atomic E-state index is 0.215. The van der Waals surface area contributed by atoms with Gasteiger partial charge in [0.1, 0.15) is 0 Å². The van der Waals surface area contributed by atoms with E-state index in [4.69, 9.17) is 5.73 Å². The summed E-state index contributed by atoms with van der Waals surface area (Å²) in [5.41, 5.74) is 6.60. The van der Waals surface area contributed by atoms with Gasteiger partial charge in [-0.2, -0.15) is 0 Å². The summed E-state index contributed by atoms with van der Waals surface area (Å²) in [6.07, 6.45) is 1.60. The van der Waals surface area contributed by atoms with E-state index in [1.54, 1.807) is 13.8 Å². The van der Waals surface area contributed by atoms with Crippen LogP contribution in [0.2, 0.25) is 0 Å². The monoisotopic (exact) mass is 275 g/mol. The van der Waals surface area contributed by atoms with E-state index in [0.717, 1.165) is 18.5 Å². The van der Waals surface area contributed by atoms with Crippen molar-refractivity contribution >= 4 is 17.5 Å². The summed E-state index contributed by atoms with van der Waals surface area (Å²) in [6, 6.07) is 7.51. The molecular weight excluding hydrogens is 254 g/mol.